The van der Waals surface area contributed by atoms with Crippen LogP contribution in [-0.2, 0) is 28.4 Å². The molecule has 0 radical (unpaired) electrons. The molecule has 5 N–H and O–H groups in total. The standard InChI is InChI=1S/C36H59NO7.C31H52O5.C7H4ClNO4/c1-21-19-22(29(41-8)32(4,5)40)43-27-26(21)33(6)13-14-36-20-35(36)12-11-25(44-30(39)37-15-17-42-18-16-37)31(2,3)23(35)9-10-24(36)34(33,7)28(27)38;1-17-15-18(25(35-8)27(4,5)34)36-23-22(17)28(6)13-14-31-16-30(31)12-11-21(32)26(2,3)19(30)9-10-20(31)29(28,7)24(23)33;8-7(10)13-6-3-1-5(2-4-6)9(11)12/h21-29,38,40H,9-20H2,1-8H3;17-25,32-34H,9-16H2,1-8H3;1-4H/t21-,22-,23+,24+,25+,26+,27+,28+,29+,33-,34-,35-,36+;17-,18-,19+,20+,21+,22+,23+,24+,25+,28-,29-,30-,31+;/m11./s1. The number of aliphatic hydroxyl groups excluding tert-OH is 3. The number of hydrogen-bond donors (Lipinski definition) is 5. The molecular weight excluding hydrogens is 1210 g/mol. The molecule has 3 heterocycles. The van der Waals surface area contributed by atoms with E-state index >= 15 is 0 Å². The summed E-state index contributed by atoms with van der Waals surface area (Å²) in [5.41, 5.74) is -2.38. The van der Waals surface area contributed by atoms with Crippen molar-refractivity contribution in [2.75, 3.05) is 40.5 Å². The first kappa shape index (κ1) is 70.1. The van der Waals surface area contributed by atoms with Crippen LogP contribution in [-0.4, -0.2) is 160 Å². The second-order valence-corrected chi connectivity index (χ2v) is 36.1. The minimum Gasteiger partial charge on any atom is -0.446 e. The van der Waals surface area contributed by atoms with Crippen LogP contribution in [0.2, 0.25) is 0 Å². The van der Waals surface area contributed by atoms with Crippen molar-refractivity contribution in [1.29, 1.82) is 0 Å². The second-order valence-electron chi connectivity index (χ2n) is 35.8. The molecule has 13 aliphatic rings. The molecule has 93 heavy (non-hydrogen) atoms. The molecule has 524 valence electrons. The Morgan fingerprint density at radius 3 is 1.47 bits per heavy atom. The molecule has 0 aromatic heterocycles. The maximum absolute atomic E-state index is 13.1. The van der Waals surface area contributed by atoms with E-state index in [1.165, 1.54) is 56.4 Å². The van der Waals surface area contributed by atoms with Crippen LogP contribution < -0.4 is 4.74 Å². The Bertz CT molecular complexity index is 2980. The van der Waals surface area contributed by atoms with E-state index in [1.54, 1.807) is 41.9 Å². The van der Waals surface area contributed by atoms with Gasteiger partial charge in [0.1, 0.15) is 24.1 Å². The van der Waals surface area contributed by atoms with Crippen LogP contribution in [0.15, 0.2) is 24.3 Å². The van der Waals surface area contributed by atoms with E-state index in [9.17, 15) is 45.2 Å². The number of carbonyl (C=O) groups excluding carboxylic acids is 2. The number of nitrogens with zero attached hydrogens (tertiary/aromatic N) is 2. The van der Waals surface area contributed by atoms with Crippen LogP contribution in [0.1, 0.15) is 200 Å². The average Bonchev–Trinajstić information content (AvgIpc) is 1.47. The summed E-state index contributed by atoms with van der Waals surface area (Å²) >= 11 is 4.92. The maximum Gasteiger partial charge on any atom is 0.410 e. The summed E-state index contributed by atoms with van der Waals surface area (Å²) < 4.78 is 41.5. The molecule has 0 bridgehead atoms. The minimum absolute atomic E-state index is 0.00822. The number of morpholine rings is 1. The Hall–Kier alpha value is -2.75. The van der Waals surface area contributed by atoms with E-state index in [0.29, 0.717) is 78.6 Å². The number of ether oxygens (including phenoxy) is 7. The predicted octanol–water partition coefficient (Wildman–Crippen LogP) is 12.7. The number of non-ortho nitro benzene ring substituents is 1. The lowest BCUT2D eigenvalue weighted by Crippen LogP contribution is -2.60. The predicted molar refractivity (Wildman–Crippen MR) is 350 cm³/mol. The quantitative estimate of drug-likeness (QED) is 0.0876. The van der Waals surface area contributed by atoms with E-state index in [-0.39, 0.29) is 103 Å². The number of halogens is 1. The van der Waals surface area contributed by atoms with Gasteiger partial charge >= 0.3 is 11.5 Å². The molecule has 14 rings (SSSR count). The van der Waals surface area contributed by atoms with Gasteiger partial charge in [0.25, 0.3) is 5.69 Å². The number of nitro groups is 1. The summed E-state index contributed by atoms with van der Waals surface area (Å²) in [6.45, 7) is 33.4. The Morgan fingerprint density at radius 1 is 0.634 bits per heavy atom. The van der Waals surface area contributed by atoms with Crippen molar-refractivity contribution >= 4 is 28.8 Å². The third-order valence-corrected chi connectivity index (χ3v) is 31.0. The number of methoxy groups -OCH3 is 2. The number of hydrogen-bond acceptors (Lipinski definition) is 16. The molecule has 19 heteroatoms. The van der Waals surface area contributed by atoms with Crippen molar-refractivity contribution in [2.45, 2.75) is 272 Å². The van der Waals surface area contributed by atoms with Crippen molar-refractivity contribution < 1.29 is 73.2 Å². The molecule has 13 fully saturated rings. The van der Waals surface area contributed by atoms with Crippen molar-refractivity contribution in [3.63, 3.8) is 0 Å². The fraction of sp³-hybridized carbons (Fsp3) is 0.892. The number of rotatable bonds is 9. The first-order valence-corrected chi connectivity index (χ1v) is 36.2. The summed E-state index contributed by atoms with van der Waals surface area (Å²) in [6, 6.07) is 5.02. The van der Waals surface area contributed by atoms with Gasteiger partial charge in [-0.15, -0.1) is 0 Å². The number of aliphatic hydroxyl groups is 5. The third-order valence-electron chi connectivity index (χ3n) is 30.9. The highest BCUT2D eigenvalue weighted by Gasteiger charge is 2.87. The molecule has 26 atom stereocenters. The van der Waals surface area contributed by atoms with E-state index in [4.69, 9.17) is 40.0 Å². The van der Waals surface area contributed by atoms with Crippen molar-refractivity contribution in [3.8, 4) is 5.75 Å². The number of fused-ring (bicyclic) bond motifs is 8. The molecule has 3 saturated heterocycles. The number of amides is 1. The highest BCUT2D eigenvalue weighted by Crippen LogP contribution is 2.91. The zero-order valence-electron chi connectivity index (χ0n) is 58.8. The van der Waals surface area contributed by atoms with Gasteiger partial charge < -0.3 is 63.6 Å². The van der Waals surface area contributed by atoms with E-state index in [2.05, 4.69) is 74.0 Å². The second kappa shape index (κ2) is 23.4. The molecule has 10 aliphatic carbocycles. The first-order valence-electron chi connectivity index (χ1n) is 35.8. The molecular formula is C74H115ClN2O16. The smallest absolute Gasteiger partial charge is 0.410 e. The average molecular weight is 1320 g/mol. The van der Waals surface area contributed by atoms with Gasteiger partial charge in [-0.05, 0) is 228 Å². The van der Waals surface area contributed by atoms with Gasteiger partial charge in [-0.2, -0.15) is 0 Å². The van der Waals surface area contributed by atoms with Crippen LogP contribution in [0.4, 0.5) is 15.3 Å². The molecule has 3 aliphatic heterocycles. The van der Waals surface area contributed by atoms with Crippen LogP contribution in [0.25, 0.3) is 0 Å². The molecule has 1 aromatic carbocycles. The zero-order chi connectivity index (χ0) is 67.8. The molecule has 18 nitrogen and oxygen atoms in total. The lowest BCUT2D eigenvalue weighted by atomic mass is 9.41. The minimum atomic E-state index is -1.03. The third kappa shape index (κ3) is 10.1. The Labute approximate surface area is 558 Å². The van der Waals surface area contributed by atoms with Gasteiger partial charge in [0.2, 0.25) is 0 Å². The maximum atomic E-state index is 13.1. The molecule has 10 saturated carbocycles. The SMILES string of the molecule is CO[C@@H]([C@H]1C[C@@H](C)[C@H]2[C@H](O1)[C@H](O)[C@@]1(C)[C@@H]3CC[C@H]4C(C)(C)[C@@H](O)CC[C@@]45C[C@@]35CC[C@]21C)C(C)(C)O.CO[C@@H]([C@H]1C[C@@H](C)[C@H]2[C@H](O1)[C@H](O)[C@@]1(C)[C@@H]3CC[C@H]4C(C)(C)[C@@H](OC(=O)N5CCOCC5)CC[C@@]45C[C@@]35CC[C@]21C)C(C)(C)O.O=C(Cl)Oc1ccc([N+](=O)[O-])cc1. The number of benzene rings is 1. The van der Waals surface area contributed by atoms with Gasteiger partial charge in [-0.25, -0.2) is 9.59 Å². The van der Waals surface area contributed by atoms with Gasteiger partial charge in [0, 0.05) is 67.3 Å². The van der Waals surface area contributed by atoms with Gasteiger partial charge in [-0.3, -0.25) is 10.1 Å². The topological polar surface area (TPSA) is 246 Å². The largest absolute Gasteiger partial charge is 0.446 e. The zero-order valence-corrected chi connectivity index (χ0v) is 59.6. The summed E-state index contributed by atoms with van der Waals surface area (Å²) in [4.78, 5) is 34.9. The highest BCUT2D eigenvalue weighted by atomic mass is 35.5. The van der Waals surface area contributed by atoms with Gasteiger partial charge in [0.15, 0.2) is 0 Å². The number of carbonyl (C=O) groups is 2. The summed E-state index contributed by atoms with van der Waals surface area (Å²) in [6.07, 6.45) is 14.5. The molecule has 1 amide bonds. The molecule has 0 unspecified atom stereocenters. The monoisotopic (exact) mass is 1320 g/mol. The Kier molecular flexibility index (Phi) is 17.7. The van der Waals surface area contributed by atoms with Crippen LogP contribution >= 0.6 is 11.6 Å². The van der Waals surface area contributed by atoms with Crippen LogP contribution in [0.3, 0.4) is 0 Å². The first-order chi connectivity index (χ1) is 43.3. The fourth-order valence-electron chi connectivity index (χ4n) is 26.7. The highest BCUT2D eigenvalue weighted by molar-refractivity contribution is 6.61. The fourth-order valence-corrected chi connectivity index (χ4v) is 26.8. The normalized spacial score (nSPS) is 48.2. The summed E-state index contributed by atoms with van der Waals surface area (Å²) in [5, 5.41) is 67.6. The van der Waals surface area contributed by atoms with Crippen LogP contribution in [0, 0.1) is 112 Å². The van der Waals surface area contributed by atoms with E-state index < -0.39 is 46.0 Å². The molecule has 4 spiro atoms. The van der Waals surface area contributed by atoms with E-state index in [1.807, 2.05) is 4.90 Å². The van der Waals surface area contributed by atoms with Crippen molar-refractivity contribution in [2.24, 2.45) is 101 Å². The van der Waals surface area contributed by atoms with Crippen molar-refractivity contribution in [3.05, 3.63) is 34.4 Å². The van der Waals surface area contributed by atoms with Crippen LogP contribution in [0.5, 0.6) is 5.75 Å². The molecule has 1 aromatic rings. The lowest BCUT2D eigenvalue weighted by Gasteiger charge is -2.63. The summed E-state index contributed by atoms with van der Waals surface area (Å²) in [7, 11) is 3.32. The Balaban J connectivity index is 0.000000152. The lowest BCUT2D eigenvalue weighted by molar-refractivity contribution is -0.384. The number of nitro benzene ring substituents is 1. The van der Waals surface area contributed by atoms with Crippen molar-refractivity contribution in [1.82, 2.24) is 4.90 Å². The Morgan fingerprint density at radius 2 is 1.05 bits per heavy atom. The van der Waals surface area contributed by atoms with E-state index in [0.717, 1.165) is 70.6 Å². The summed E-state index contributed by atoms with van der Waals surface area (Å²) in [5.74, 6) is 3.62. The van der Waals surface area contributed by atoms with Gasteiger partial charge in [-0.1, -0.05) is 69.2 Å². The van der Waals surface area contributed by atoms with Gasteiger partial charge in [0.05, 0.1) is 72.1 Å².